The van der Waals surface area contributed by atoms with Crippen LogP contribution in [0.4, 0.5) is 4.39 Å². The molecule has 21 heavy (non-hydrogen) atoms. The SMILES string of the molecule is CC1CCC(N)(c2nc(Cc3ccccc3F)no2)CC1. The van der Waals surface area contributed by atoms with E-state index in [1.165, 1.54) is 6.07 Å². The van der Waals surface area contributed by atoms with Crippen molar-refractivity contribution in [3.63, 3.8) is 0 Å². The van der Waals surface area contributed by atoms with Crippen LogP contribution >= 0.6 is 0 Å². The molecule has 0 unspecified atom stereocenters. The first kappa shape index (κ1) is 14.2. The lowest BCUT2D eigenvalue weighted by Crippen LogP contribution is -2.40. The highest BCUT2D eigenvalue weighted by Crippen LogP contribution is 2.36. The van der Waals surface area contributed by atoms with Crippen molar-refractivity contribution in [2.24, 2.45) is 11.7 Å². The number of halogens is 1. The fraction of sp³-hybridized carbons (Fsp3) is 0.500. The van der Waals surface area contributed by atoms with Gasteiger partial charge in [-0.1, -0.05) is 30.3 Å². The predicted octanol–water partition coefficient (Wildman–Crippen LogP) is 3.16. The van der Waals surface area contributed by atoms with Crippen molar-refractivity contribution >= 4 is 0 Å². The summed E-state index contributed by atoms with van der Waals surface area (Å²) < 4.78 is 19.0. The molecule has 1 aliphatic rings. The highest BCUT2D eigenvalue weighted by Gasteiger charge is 2.37. The van der Waals surface area contributed by atoms with Crippen LogP contribution in [0.25, 0.3) is 0 Å². The third-order valence-electron chi connectivity index (χ3n) is 4.37. The average Bonchev–Trinajstić information content (AvgIpc) is 2.94. The number of aromatic nitrogens is 2. The summed E-state index contributed by atoms with van der Waals surface area (Å²) in [4.78, 5) is 4.40. The van der Waals surface area contributed by atoms with Crippen LogP contribution in [0.3, 0.4) is 0 Å². The fourth-order valence-corrected chi connectivity index (χ4v) is 2.83. The Morgan fingerprint density at radius 1 is 1.33 bits per heavy atom. The molecule has 1 fully saturated rings. The molecular formula is C16H20FN3O. The van der Waals surface area contributed by atoms with E-state index < -0.39 is 5.54 Å². The summed E-state index contributed by atoms with van der Waals surface area (Å²) in [6.45, 7) is 2.23. The summed E-state index contributed by atoms with van der Waals surface area (Å²) in [5.74, 6) is 1.42. The second-order valence-corrected chi connectivity index (χ2v) is 6.12. The molecule has 5 heteroatoms. The maximum atomic E-state index is 13.6. The van der Waals surface area contributed by atoms with Gasteiger partial charge in [0, 0.05) is 6.42 Å². The quantitative estimate of drug-likeness (QED) is 0.942. The molecule has 0 saturated heterocycles. The Balaban J connectivity index is 1.76. The van der Waals surface area contributed by atoms with Crippen LogP contribution in [0, 0.1) is 11.7 Å². The van der Waals surface area contributed by atoms with Crippen LogP contribution in [0.15, 0.2) is 28.8 Å². The molecule has 1 aliphatic carbocycles. The number of nitrogens with two attached hydrogens (primary N) is 1. The van der Waals surface area contributed by atoms with Gasteiger partial charge in [0.15, 0.2) is 5.82 Å². The van der Waals surface area contributed by atoms with Crippen LogP contribution in [0.5, 0.6) is 0 Å². The zero-order valence-corrected chi connectivity index (χ0v) is 12.2. The highest BCUT2D eigenvalue weighted by molar-refractivity contribution is 5.21. The van der Waals surface area contributed by atoms with E-state index in [9.17, 15) is 4.39 Å². The van der Waals surface area contributed by atoms with Crippen molar-refractivity contribution in [1.82, 2.24) is 10.1 Å². The van der Waals surface area contributed by atoms with E-state index in [0.717, 1.165) is 25.7 Å². The van der Waals surface area contributed by atoms with Crippen LogP contribution in [0.1, 0.15) is 49.9 Å². The number of rotatable bonds is 3. The molecule has 3 rings (SSSR count). The topological polar surface area (TPSA) is 64.9 Å². The van der Waals surface area contributed by atoms with Crippen LogP contribution in [-0.2, 0) is 12.0 Å². The Morgan fingerprint density at radius 2 is 2.05 bits per heavy atom. The van der Waals surface area contributed by atoms with Gasteiger partial charge in [-0.3, -0.25) is 0 Å². The smallest absolute Gasteiger partial charge is 0.246 e. The molecule has 0 bridgehead atoms. The van der Waals surface area contributed by atoms with Crippen molar-refractivity contribution in [3.05, 3.63) is 47.4 Å². The second-order valence-electron chi connectivity index (χ2n) is 6.12. The van der Waals surface area contributed by atoms with Crippen LogP contribution in [-0.4, -0.2) is 10.1 Å². The molecule has 0 atom stereocenters. The second kappa shape index (κ2) is 5.56. The molecule has 1 saturated carbocycles. The predicted molar refractivity (Wildman–Crippen MR) is 77.0 cm³/mol. The molecule has 1 heterocycles. The summed E-state index contributed by atoms with van der Waals surface area (Å²) in [6.07, 6.45) is 4.18. The Kier molecular flexibility index (Phi) is 3.76. The van der Waals surface area contributed by atoms with Gasteiger partial charge in [-0.15, -0.1) is 0 Å². The first-order valence-corrected chi connectivity index (χ1v) is 7.42. The summed E-state index contributed by atoms with van der Waals surface area (Å²) in [5.41, 5.74) is 6.45. The molecule has 0 amide bonds. The Morgan fingerprint density at radius 3 is 2.76 bits per heavy atom. The van der Waals surface area contributed by atoms with Crippen LogP contribution < -0.4 is 5.73 Å². The molecule has 4 nitrogen and oxygen atoms in total. The molecule has 2 N–H and O–H groups in total. The van der Waals surface area contributed by atoms with Crippen molar-refractivity contribution in [1.29, 1.82) is 0 Å². The third kappa shape index (κ3) is 2.97. The molecule has 1 aromatic heterocycles. The molecule has 2 aromatic rings. The van der Waals surface area contributed by atoms with E-state index >= 15 is 0 Å². The third-order valence-corrected chi connectivity index (χ3v) is 4.37. The summed E-state index contributed by atoms with van der Waals surface area (Å²) in [7, 11) is 0. The van der Waals surface area contributed by atoms with Crippen molar-refractivity contribution < 1.29 is 8.91 Å². The number of benzene rings is 1. The van der Waals surface area contributed by atoms with Gasteiger partial charge in [-0.05, 0) is 43.2 Å². The largest absolute Gasteiger partial charge is 0.337 e. The first-order valence-electron chi connectivity index (χ1n) is 7.42. The van der Waals surface area contributed by atoms with E-state index in [1.54, 1.807) is 18.2 Å². The average molecular weight is 289 g/mol. The van der Waals surface area contributed by atoms with E-state index in [-0.39, 0.29) is 5.82 Å². The zero-order chi connectivity index (χ0) is 14.9. The molecule has 112 valence electrons. The van der Waals surface area contributed by atoms with Crippen molar-refractivity contribution in [3.8, 4) is 0 Å². The van der Waals surface area contributed by atoms with Gasteiger partial charge in [0.2, 0.25) is 5.89 Å². The van der Waals surface area contributed by atoms with Gasteiger partial charge in [-0.2, -0.15) is 4.98 Å². The normalized spacial score (nSPS) is 26.0. The minimum Gasteiger partial charge on any atom is -0.337 e. The summed E-state index contributed by atoms with van der Waals surface area (Å²) >= 11 is 0. The van der Waals surface area contributed by atoms with Gasteiger partial charge in [0.25, 0.3) is 0 Å². The molecule has 0 spiro atoms. The monoisotopic (exact) mass is 289 g/mol. The van der Waals surface area contributed by atoms with E-state index in [1.807, 2.05) is 0 Å². The Bertz CT molecular complexity index is 617. The zero-order valence-electron chi connectivity index (χ0n) is 12.2. The minimum atomic E-state index is -0.521. The van der Waals surface area contributed by atoms with Crippen molar-refractivity contribution in [2.45, 2.75) is 44.6 Å². The van der Waals surface area contributed by atoms with Crippen molar-refractivity contribution in [2.75, 3.05) is 0 Å². The van der Waals surface area contributed by atoms with E-state index in [0.29, 0.717) is 29.6 Å². The number of hydrogen-bond acceptors (Lipinski definition) is 4. The Hall–Kier alpha value is -1.75. The van der Waals surface area contributed by atoms with Gasteiger partial charge in [0.1, 0.15) is 5.82 Å². The maximum Gasteiger partial charge on any atom is 0.246 e. The molecule has 0 aliphatic heterocycles. The van der Waals surface area contributed by atoms with E-state index in [2.05, 4.69) is 17.1 Å². The fourth-order valence-electron chi connectivity index (χ4n) is 2.83. The van der Waals surface area contributed by atoms with Gasteiger partial charge in [0.05, 0.1) is 5.54 Å². The van der Waals surface area contributed by atoms with E-state index in [4.69, 9.17) is 10.3 Å². The molecular weight excluding hydrogens is 269 g/mol. The Labute approximate surface area is 123 Å². The molecule has 1 aromatic carbocycles. The standard InChI is InChI=1S/C16H20FN3O/c1-11-6-8-16(18,9-7-11)15-19-14(20-21-15)10-12-4-2-3-5-13(12)17/h2-5,11H,6-10,18H2,1H3. The van der Waals surface area contributed by atoms with Crippen LogP contribution in [0.2, 0.25) is 0 Å². The summed E-state index contributed by atoms with van der Waals surface area (Å²) in [6, 6.07) is 6.63. The maximum absolute atomic E-state index is 13.6. The molecule has 0 radical (unpaired) electrons. The lowest BCUT2D eigenvalue weighted by atomic mass is 9.78. The number of hydrogen-bond donors (Lipinski definition) is 1. The van der Waals surface area contributed by atoms with Gasteiger partial charge < -0.3 is 10.3 Å². The first-order chi connectivity index (χ1) is 10.1. The summed E-state index contributed by atoms with van der Waals surface area (Å²) in [5, 5.41) is 3.96. The number of nitrogens with zero attached hydrogens (tertiary/aromatic N) is 2. The minimum absolute atomic E-state index is 0.252. The highest BCUT2D eigenvalue weighted by atomic mass is 19.1. The van der Waals surface area contributed by atoms with Gasteiger partial charge in [-0.25, -0.2) is 4.39 Å². The lowest BCUT2D eigenvalue weighted by Gasteiger charge is -2.32. The lowest BCUT2D eigenvalue weighted by molar-refractivity contribution is 0.190. The van der Waals surface area contributed by atoms with Gasteiger partial charge >= 0.3 is 0 Å².